The number of benzene rings is 2. The number of ether oxygens (including phenoxy) is 2. The van der Waals surface area contributed by atoms with Gasteiger partial charge in [0.1, 0.15) is 11.9 Å². The fourth-order valence-corrected chi connectivity index (χ4v) is 3.18. The van der Waals surface area contributed by atoms with Crippen molar-refractivity contribution in [3.8, 4) is 11.8 Å². The summed E-state index contributed by atoms with van der Waals surface area (Å²) in [4.78, 5) is 18.8. The molecule has 0 aliphatic carbocycles. The van der Waals surface area contributed by atoms with E-state index in [4.69, 9.17) is 27.9 Å². The van der Waals surface area contributed by atoms with Crippen molar-refractivity contribution < 1.29 is 14.3 Å². The van der Waals surface area contributed by atoms with Crippen molar-refractivity contribution in [1.82, 2.24) is 9.97 Å². The zero-order valence-corrected chi connectivity index (χ0v) is 16.6. The molecule has 3 aromatic rings. The lowest BCUT2D eigenvalue weighted by molar-refractivity contribution is -0.142. The molecule has 0 radical (unpaired) electrons. The molecule has 0 aliphatic heterocycles. The first-order valence-electron chi connectivity index (χ1n) is 8.18. The fourth-order valence-electron chi connectivity index (χ4n) is 2.56. The molecule has 1 N–H and O–H groups in total. The largest absolute Gasteiger partial charge is 0.479 e. The molecule has 2 aromatic carbocycles. The number of nitrogens with one attached hydrogen (secondary N) is 1. The van der Waals surface area contributed by atoms with Crippen molar-refractivity contribution in [2.45, 2.75) is 6.92 Å². The number of carbonyl (C=O) groups excluding carboxylic acids is 1. The average Bonchev–Trinajstić information content (AvgIpc) is 3.08. The number of rotatable bonds is 5. The number of allylic oxidation sites excluding steroid dienone is 1. The number of hydrogen-bond donors (Lipinski definition) is 1. The van der Waals surface area contributed by atoms with Gasteiger partial charge >= 0.3 is 5.97 Å². The summed E-state index contributed by atoms with van der Waals surface area (Å²) in [6, 6.07) is 11.1. The highest BCUT2D eigenvalue weighted by Gasteiger charge is 2.13. The number of carbonyl (C=O) groups is 1. The van der Waals surface area contributed by atoms with Gasteiger partial charge in [-0.3, -0.25) is 0 Å². The number of fused-ring (bicyclic) bond motifs is 1. The number of H-pyrrole nitrogens is 1. The molecular formula is C20H15Cl2N3O3. The number of aryl methyl sites for hydroxylation is 1. The average molecular weight is 416 g/mol. The van der Waals surface area contributed by atoms with Gasteiger partial charge in [0.2, 0.25) is 0 Å². The molecule has 1 aromatic heterocycles. The number of aromatic amines is 1. The zero-order chi connectivity index (χ0) is 20.3. The van der Waals surface area contributed by atoms with Crippen LogP contribution in [0.25, 0.3) is 22.7 Å². The zero-order valence-electron chi connectivity index (χ0n) is 15.0. The Morgan fingerprint density at radius 3 is 2.64 bits per heavy atom. The lowest BCUT2D eigenvalue weighted by Crippen LogP contribution is -2.12. The molecule has 0 spiro atoms. The van der Waals surface area contributed by atoms with Gasteiger partial charge in [0, 0.05) is 0 Å². The van der Waals surface area contributed by atoms with Crippen molar-refractivity contribution in [3.05, 3.63) is 57.3 Å². The van der Waals surface area contributed by atoms with Gasteiger partial charge in [-0.05, 0) is 48.4 Å². The Bertz CT molecular complexity index is 1110. The van der Waals surface area contributed by atoms with Crippen LogP contribution in [0.4, 0.5) is 0 Å². The van der Waals surface area contributed by atoms with E-state index in [9.17, 15) is 10.1 Å². The van der Waals surface area contributed by atoms with Crippen LogP contribution < -0.4 is 4.74 Å². The normalized spacial score (nSPS) is 11.3. The topological polar surface area (TPSA) is 88.0 Å². The minimum Gasteiger partial charge on any atom is -0.479 e. The number of aromatic nitrogens is 2. The Morgan fingerprint density at radius 1 is 1.29 bits per heavy atom. The Kier molecular flexibility index (Phi) is 5.88. The van der Waals surface area contributed by atoms with E-state index in [0.717, 1.165) is 16.6 Å². The van der Waals surface area contributed by atoms with Gasteiger partial charge < -0.3 is 14.5 Å². The van der Waals surface area contributed by atoms with Crippen molar-refractivity contribution >= 4 is 51.9 Å². The summed E-state index contributed by atoms with van der Waals surface area (Å²) in [5.74, 6) is 0.0629. The van der Waals surface area contributed by atoms with E-state index in [-0.39, 0.29) is 22.4 Å². The van der Waals surface area contributed by atoms with Gasteiger partial charge in [-0.2, -0.15) is 5.26 Å². The van der Waals surface area contributed by atoms with Crippen LogP contribution in [-0.2, 0) is 9.53 Å². The van der Waals surface area contributed by atoms with Gasteiger partial charge in [-0.1, -0.05) is 29.3 Å². The maximum absolute atomic E-state index is 11.2. The molecule has 6 nitrogen and oxygen atoms in total. The molecule has 0 atom stereocenters. The van der Waals surface area contributed by atoms with Crippen LogP contribution in [0.15, 0.2) is 30.3 Å². The van der Waals surface area contributed by atoms with Gasteiger partial charge in [0.05, 0.1) is 33.8 Å². The number of hydrogen-bond acceptors (Lipinski definition) is 5. The van der Waals surface area contributed by atoms with Gasteiger partial charge in [0.25, 0.3) is 0 Å². The van der Waals surface area contributed by atoms with E-state index in [2.05, 4.69) is 20.8 Å². The second-order valence-corrected chi connectivity index (χ2v) is 6.77. The lowest BCUT2D eigenvalue weighted by Gasteiger charge is -2.10. The molecule has 142 valence electrons. The summed E-state index contributed by atoms with van der Waals surface area (Å²) in [6.45, 7) is 1.67. The molecule has 0 aliphatic rings. The first-order chi connectivity index (χ1) is 13.4. The highest BCUT2D eigenvalue weighted by Crippen LogP contribution is 2.35. The third kappa shape index (κ3) is 4.28. The monoisotopic (exact) mass is 415 g/mol. The van der Waals surface area contributed by atoms with E-state index in [1.54, 1.807) is 18.2 Å². The summed E-state index contributed by atoms with van der Waals surface area (Å²) in [5, 5.41) is 9.98. The van der Waals surface area contributed by atoms with Gasteiger partial charge in [-0.15, -0.1) is 0 Å². The van der Waals surface area contributed by atoms with E-state index < -0.39 is 5.97 Å². The second kappa shape index (κ2) is 8.34. The molecule has 8 heteroatoms. The predicted octanol–water partition coefficient (Wildman–Crippen LogP) is 4.79. The molecule has 0 fully saturated rings. The summed E-state index contributed by atoms with van der Waals surface area (Å²) in [7, 11) is 1.26. The molecular weight excluding hydrogens is 401 g/mol. The smallest absolute Gasteiger partial charge is 0.343 e. The number of nitriles is 1. The van der Waals surface area contributed by atoms with Crippen LogP contribution in [0.2, 0.25) is 10.0 Å². The fraction of sp³-hybridized carbons (Fsp3) is 0.150. The maximum Gasteiger partial charge on any atom is 0.343 e. The highest BCUT2D eigenvalue weighted by molar-refractivity contribution is 6.37. The summed E-state index contributed by atoms with van der Waals surface area (Å²) in [6.07, 6.45) is 1.62. The predicted molar refractivity (Wildman–Crippen MR) is 108 cm³/mol. The third-order valence-corrected chi connectivity index (χ3v) is 4.47. The Balaban J connectivity index is 1.93. The molecule has 0 amide bonds. The maximum atomic E-state index is 11.2. The van der Waals surface area contributed by atoms with E-state index in [1.807, 2.05) is 25.1 Å². The summed E-state index contributed by atoms with van der Waals surface area (Å²) < 4.78 is 9.82. The van der Waals surface area contributed by atoms with Crippen molar-refractivity contribution in [2.75, 3.05) is 13.7 Å². The molecule has 28 heavy (non-hydrogen) atoms. The van der Waals surface area contributed by atoms with Crippen molar-refractivity contribution in [2.24, 2.45) is 0 Å². The minimum atomic E-state index is -0.553. The Morgan fingerprint density at radius 2 is 2.00 bits per heavy atom. The SMILES string of the molecule is COC(=O)COc1c(Cl)cc(C=C(C#N)c2nc3ccc(C)cc3[nH]2)cc1Cl. The molecule has 0 bridgehead atoms. The van der Waals surface area contributed by atoms with E-state index >= 15 is 0 Å². The van der Waals surface area contributed by atoms with E-state index in [0.29, 0.717) is 17.0 Å². The first kappa shape index (κ1) is 19.7. The number of imidazole rings is 1. The first-order valence-corrected chi connectivity index (χ1v) is 8.94. The molecule has 0 saturated heterocycles. The van der Waals surface area contributed by atoms with Crippen LogP contribution in [0.1, 0.15) is 17.0 Å². The highest BCUT2D eigenvalue weighted by atomic mass is 35.5. The van der Waals surface area contributed by atoms with Crippen LogP contribution in [0.5, 0.6) is 5.75 Å². The number of nitrogens with zero attached hydrogens (tertiary/aromatic N) is 2. The van der Waals surface area contributed by atoms with Crippen molar-refractivity contribution in [3.63, 3.8) is 0 Å². The quantitative estimate of drug-likeness (QED) is 0.477. The number of halogens is 2. The molecule has 0 unspecified atom stereocenters. The standard InChI is InChI=1S/C20H15Cl2N3O3/c1-11-3-4-16-17(5-11)25-20(24-16)13(9-23)6-12-7-14(21)19(15(22)8-12)28-10-18(26)27-2/h3-8H,10H2,1-2H3,(H,24,25). The minimum absolute atomic E-state index is 0.170. The third-order valence-electron chi connectivity index (χ3n) is 3.91. The van der Waals surface area contributed by atoms with Crippen LogP contribution in [0, 0.1) is 18.3 Å². The van der Waals surface area contributed by atoms with Crippen molar-refractivity contribution in [1.29, 1.82) is 5.26 Å². The van der Waals surface area contributed by atoms with Crippen LogP contribution >= 0.6 is 23.2 Å². The molecule has 1 heterocycles. The summed E-state index contributed by atoms with van der Waals surface area (Å²) >= 11 is 12.4. The Hall–Kier alpha value is -3.01. The Labute approximate surface area is 171 Å². The van der Waals surface area contributed by atoms with Crippen LogP contribution in [0.3, 0.4) is 0 Å². The number of methoxy groups -OCH3 is 1. The second-order valence-electron chi connectivity index (χ2n) is 5.95. The summed E-state index contributed by atoms with van der Waals surface area (Å²) in [5.41, 5.74) is 3.62. The van der Waals surface area contributed by atoms with E-state index in [1.165, 1.54) is 7.11 Å². The molecule has 3 rings (SSSR count). The number of esters is 1. The van der Waals surface area contributed by atoms with Gasteiger partial charge in [0.15, 0.2) is 12.4 Å². The lowest BCUT2D eigenvalue weighted by atomic mass is 10.1. The molecule has 0 saturated carbocycles. The van der Waals surface area contributed by atoms with Crippen LogP contribution in [-0.4, -0.2) is 29.7 Å². The van der Waals surface area contributed by atoms with Gasteiger partial charge in [-0.25, -0.2) is 9.78 Å².